The van der Waals surface area contributed by atoms with E-state index in [4.69, 9.17) is 21.3 Å². The zero-order valence-corrected chi connectivity index (χ0v) is 17.1. The van der Waals surface area contributed by atoms with E-state index in [1.54, 1.807) is 16.2 Å². The van der Waals surface area contributed by atoms with Crippen molar-refractivity contribution in [3.63, 3.8) is 0 Å². The van der Waals surface area contributed by atoms with E-state index in [1.165, 1.54) is 0 Å². The fraction of sp³-hybridized carbons (Fsp3) is 0.579. The number of nitrogens with one attached hydrogen (secondary N) is 1. The number of nitrogens with zero attached hydrogens (tertiary/aromatic N) is 2. The van der Waals surface area contributed by atoms with Crippen LogP contribution in [-0.4, -0.2) is 50.3 Å². The van der Waals surface area contributed by atoms with Crippen molar-refractivity contribution in [1.29, 1.82) is 0 Å². The highest BCUT2D eigenvalue weighted by Gasteiger charge is 2.21. The van der Waals surface area contributed by atoms with Crippen molar-refractivity contribution >= 4 is 44.2 Å². The predicted molar refractivity (Wildman–Crippen MR) is 108 cm³/mol. The van der Waals surface area contributed by atoms with E-state index in [2.05, 4.69) is 0 Å². The summed E-state index contributed by atoms with van der Waals surface area (Å²) in [5.41, 5.74) is 1.89. The lowest BCUT2D eigenvalue weighted by Crippen LogP contribution is -3.14. The fourth-order valence-corrected chi connectivity index (χ4v) is 4.50. The Hall–Kier alpha value is -1.21. The van der Waals surface area contributed by atoms with E-state index >= 15 is 0 Å². The SMILES string of the molecule is CCCC(=O)N(CCC[NH+]1CCOCC1)c1nc2c(C)c(Cl)ccc2s1. The van der Waals surface area contributed by atoms with Gasteiger partial charge in [0.25, 0.3) is 0 Å². The van der Waals surface area contributed by atoms with E-state index in [-0.39, 0.29) is 5.91 Å². The largest absolute Gasteiger partial charge is 0.370 e. The van der Waals surface area contributed by atoms with Gasteiger partial charge in [-0.05, 0) is 31.0 Å². The van der Waals surface area contributed by atoms with Crippen LogP contribution in [-0.2, 0) is 9.53 Å². The summed E-state index contributed by atoms with van der Waals surface area (Å²) in [6, 6.07) is 3.90. The second-order valence-corrected chi connectivity index (χ2v) is 8.19. The minimum Gasteiger partial charge on any atom is -0.370 e. The maximum atomic E-state index is 12.7. The number of halogens is 1. The van der Waals surface area contributed by atoms with Gasteiger partial charge in [-0.2, -0.15) is 0 Å². The van der Waals surface area contributed by atoms with Gasteiger partial charge in [0.15, 0.2) is 5.13 Å². The summed E-state index contributed by atoms with van der Waals surface area (Å²) in [4.78, 5) is 20.9. The number of rotatable bonds is 7. The lowest BCUT2D eigenvalue weighted by molar-refractivity contribution is -0.908. The third kappa shape index (κ3) is 4.55. The number of fused-ring (bicyclic) bond motifs is 1. The highest BCUT2D eigenvalue weighted by Crippen LogP contribution is 2.33. The maximum absolute atomic E-state index is 12.7. The lowest BCUT2D eigenvalue weighted by Gasteiger charge is -2.25. The smallest absolute Gasteiger partial charge is 0.228 e. The number of anilines is 1. The quantitative estimate of drug-likeness (QED) is 0.782. The number of aromatic nitrogens is 1. The first-order chi connectivity index (χ1) is 12.6. The normalized spacial score (nSPS) is 15.5. The van der Waals surface area contributed by atoms with Gasteiger partial charge in [0.2, 0.25) is 5.91 Å². The average molecular weight is 397 g/mol. The summed E-state index contributed by atoms with van der Waals surface area (Å²) in [5.74, 6) is 0.160. The van der Waals surface area contributed by atoms with Gasteiger partial charge in [-0.3, -0.25) is 9.69 Å². The Labute approximate surface area is 163 Å². The molecule has 3 rings (SSSR count). The van der Waals surface area contributed by atoms with Crippen molar-refractivity contribution in [2.24, 2.45) is 0 Å². The van der Waals surface area contributed by atoms with Crippen LogP contribution in [0, 0.1) is 6.92 Å². The molecule has 0 atom stereocenters. The molecule has 0 saturated carbocycles. The topological polar surface area (TPSA) is 46.9 Å². The highest BCUT2D eigenvalue weighted by molar-refractivity contribution is 7.22. The van der Waals surface area contributed by atoms with Gasteiger partial charge >= 0.3 is 0 Å². The zero-order chi connectivity index (χ0) is 18.5. The molecule has 7 heteroatoms. The van der Waals surface area contributed by atoms with Crippen LogP contribution in [0.3, 0.4) is 0 Å². The molecule has 1 amide bonds. The zero-order valence-electron chi connectivity index (χ0n) is 15.5. The van der Waals surface area contributed by atoms with Crippen LogP contribution in [0.4, 0.5) is 5.13 Å². The molecule has 142 valence electrons. The number of amides is 1. The minimum atomic E-state index is 0.160. The van der Waals surface area contributed by atoms with E-state index in [1.807, 2.05) is 30.9 Å². The van der Waals surface area contributed by atoms with Gasteiger partial charge in [0.1, 0.15) is 13.1 Å². The fourth-order valence-electron chi connectivity index (χ4n) is 3.28. The first kappa shape index (κ1) is 19.5. The van der Waals surface area contributed by atoms with Gasteiger partial charge in [-0.1, -0.05) is 29.9 Å². The molecule has 0 spiro atoms. The Kier molecular flexibility index (Phi) is 6.86. The number of hydrogen-bond acceptors (Lipinski definition) is 4. The summed E-state index contributed by atoms with van der Waals surface area (Å²) in [5, 5.41) is 1.51. The highest BCUT2D eigenvalue weighted by atomic mass is 35.5. The van der Waals surface area contributed by atoms with Crippen molar-refractivity contribution in [2.75, 3.05) is 44.3 Å². The molecular weight excluding hydrogens is 370 g/mol. The minimum absolute atomic E-state index is 0.160. The van der Waals surface area contributed by atoms with E-state index in [0.29, 0.717) is 6.42 Å². The molecule has 5 nitrogen and oxygen atoms in total. The van der Waals surface area contributed by atoms with Gasteiger partial charge in [-0.25, -0.2) is 4.98 Å². The molecule has 0 radical (unpaired) electrons. The Balaban J connectivity index is 1.75. The summed E-state index contributed by atoms with van der Waals surface area (Å²) in [6.07, 6.45) is 2.38. The maximum Gasteiger partial charge on any atom is 0.228 e. The molecule has 1 aromatic carbocycles. The van der Waals surface area contributed by atoms with Crippen molar-refractivity contribution in [1.82, 2.24) is 4.98 Å². The number of aryl methyl sites for hydroxylation is 1. The monoisotopic (exact) mass is 396 g/mol. The van der Waals surface area contributed by atoms with Crippen LogP contribution in [0.15, 0.2) is 12.1 Å². The molecule has 26 heavy (non-hydrogen) atoms. The van der Waals surface area contributed by atoms with Crippen LogP contribution < -0.4 is 9.80 Å². The molecule has 0 bridgehead atoms. The summed E-state index contributed by atoms with van der Waals surface area (Å²) < 4.78 is 6.50. The number of hydrogen-bond donors (Lipinski definition) is 1. The first-order valence-electron chi connectivity index (χ1n) is 9.37. The van der Waals surface area contributed by atoms with Crippen molar-refractivity contribution in [3.8, 4) is 0 Å². The lowest BCUT2D eigenvalue weighted by atomic mass is 10.2. The van der Waals surface area contributed by atoms with Crippen LogP contribution in [0.5, 0.6) is 0 Å². The van der Waals surface area contributed by atoms with Crippen LogP contribution >= 0.6 is 22.9 Å². The predicted octanol–water partition coefficient (Wildman–Crippen LogP) is 2.70. The Morgan fingerprint density at radius 1 is 1.38 bits per heavy atom. The molecule has 1 aliphatic rings. The van der Waals surface area contributed by atoms with Gasteiger partial charge in [0.05, 0.1) is 30.0 Å². The molecule has 1 N–H and O–H groups in total. The number of quaternary nitrogens is 1. The van der Waals surface area contributed by atoms with Crippen molar-refractivity contribution in [3.05, 3.63) is 22.7 Å². The van der Waals surface area contributed by atoms with Gasteiger partial charge < -0.3 is 9.64 Å². The van der Waals surface area contributed by atoms with Crippen molar-refractivity contribution < 1.29 is 14.4 Å². The van der Waals surface area contributed by atoms with Crippen molar-refractivity contribution in [2.45, 2.75) is 33.1 Å². The average Bonchev–Trinajstić information content (AvgIpc) is 3.07. The Morgan fingerprint density at radius 3 is 2.88 bits per heavy atom. The Bertz CT molecular complexity index is 759. The molecule has 2 aromatic rings. The standard InChI is InChI=1S/C19H26ClN3O2S/c1-3-5-17(24)23(9-4-8-22-10-12-25-13-11-22)19-21-18-14(2)15(20)6-7-16(18)26-19/h6-7H,3-5,8-13H2,1-2H3/p+1. The molecule has 1 saturated heterocycles. The summed E-state index contributed by atoms with van der Waals surface area (Å²) in [6.45, 7) is 9.59. The van der Waals surface area contributed by atoms with Crippen LogP contribution in [0.2, 0.25) is 5.02 Å². The molecule has 1 aliphatic heterocycles. The third-order valence-electron chi connectivity index (χ3n) is 4.84. The molecule has 2 heterocycles. The summed E-state index contributed by atoms with van der Waals surface area (Å²) >= 11 is 7.81. The first-order valence-corrected chi connectivity index (χ1v) is 10.6. The number of morpholine rings is 1. The molecule has 0 unspecified atom stereocenters. The van der Waals surface area contributed by atoms with E-state index < -0.39 is 0 Å². The number of ether oxygens (including phenoxy) is 1. The van der Waals surface area contributed by atoms with Gasteiger partial charge in [-0.15, -0.1) is 0 Å². The van der Waals surface area contributed by atoms with Crippen LogP contribution in [0.25, 0.3) is 10.2 Å². The number of carbonyl (C=O) groups is 1. The summed E-state index contributed by atoms with van der Waals surface area (Å²) in [7, 11) is 0. The second kappa shape index (κ2) is 9.13. The van der Waals surface area contributed by atoms with Gasteiger partial charge in [0, 0.05) is 24.4 Å². The van der Waals surface area contributed by atoms with E-state index in [9.17, 15) is 4.79 Å². The number of thiazole rings is 1. The third-order valence-corrected chi connectivity index (χ3v) is 6.30. The van der Waals surface area contributed by atoms with Crippen LogP contribution in [0.1, 0.15) is 31.7 Å². The molecular formula is C19H27ClN3O2S+. The number of benzene rings is 1. The molecule has 1 fully saturated rings. The Morgan fingerprint density at radius 2 is 2.15 bits per heavy atom. The molecule has 1 aromatic heterocycles. The number of carbonyl (C=O) groups excluding carboxylic acids is 1. The molecule has 0 aliphatic carbocycles. The van der Waals surface area contributed by atoms with E-state index in [0.717, 1.165) is 78.2 Å². The second-order valence-electron chi connectivity index (χ2n) is 6.78.